The number of alkyl halides is 3. The van der Waals surface area contributed by atoms with Crippen molar-refractivity contribution in [2.24, 2.45) is 5.92 Å². The van der Waals surface area contributed by atoms with Gasteiger partial charge in [-0.05, 0) is 91.5 Å². The Morgan fingerprint density at radius 2 is 1.85 bits per heavy atom. The van der Waals surface area contributed by atoms with Gasteiger partial charge in [-0.15, -0.1) is 13.2 Å². The first-order valence-corrected chi connectivity index (χ1v) is 15.2. The second-order valence-corrected chi connectivity index (χ2v) is 14.9. The minimum Gasteiger partial charge on any atom is -0.406 e. The Morgan fingerprint density at radius 3 is 2.42 bits per heavy atom. The number of benzene rings is 1. The Balaban J connectivity index is 1.78. The number of sulfone groups is 1. The average molecular weight is 591 g/mol. The van der Waals surface area contributed by atoms with Crippen LogP contribution in [0.15, 0.2) is 18.2 Å². The van der Waals surface area contributed by atoms with E-state index in [0.29, 0.717) is 19.4 Å². The lowest BCUT2D eigenvalue weighted by Crippen LogP contribution is -2.53. The summed E-state index contributed by atoms with van der Waals surface area (Å²) in [6, 6.07) is 2.26. The second-order valence-electron chi connectivity index (χ2n) is 12.1. The number of hydrogen-bond donors (Lipinski definition) is 2. The third-order valence-electron chi connectivity index (χ3n) is 8.12. The molecule has 13 heteroatoms. The predicted molar refractivity (Wildman–Crippen MR) is 146 cm³/mol. The van der Waals surface area contributed by atoms with Gasteiger partial charge in [-0.3, -0.25) is 9.59 Å². The number of carbonyl (C=O) groups excluding carboxylic acids is 2. The van der Waals surface area contributed by atoms with Gasteiger partial charge in [0.15, 0.2) is 9.84 Å². The molecule has 3 rings (SSSR count). The van der Waals surface area contributed by atoms with E-state index in [2.05, 4.69) is 28.8 Å². The van der Waals surface area contributed by atoms with Crippen LogP contribution in [0.2, 0.25) is 0 Å². The molecule has 2 fully saturated rings. The number of amides is 2. The van der Waals surface area contributed by atoms with Crippen LogP contribution in [0.1, 0.15) is 70.7 Å². The average Bonchev–Trinajstić information content (AvgIpc) is 3.17. The van der Waals surface area contributed by atoms with E-state index in [1.54, 1.807) is 25.7 Å². The van der Waals surface area contributed by atoms with Crippen LogP contribution in [0.25, 0.3) is 0 Å². The molecule has 0 bridgehead atoms. The summed E-state index contributed by atoms with van der Waals surface area (Å²) in [5.41, 5.74) is 5.53. The van der Waals surface area contributed by atoms with Gasteiger partial charge in [0.05, 0.1) is 16.1 Å². The van der Waals surface area contributed by atoms with E-state index in [9.17, 15) is 31.2 Å². The number of nitrogens with zero attached hydrogens (tertiary/aromatic N) is 2. The highest BCUT2D eigenvalue weighted by Gasteiger charge is 2.45. The lowest BCUT2D eigenvalue weighted by atomic mass is 9.81. The van der Waals surface area contributed by atoms with Crippen molar-refractivity contribution in [2.45, 2.75) is 95.6 Å². The summed E-state index contributed by atoms with van der Waals surface area (Å²) in [6.45, 7) is 9.52. The minimum absolute atomic E-state index is 0.0487. The molecule has 0 spiro atoms. The van der Waals surface area contributed by atoms with Crippen molar-refractivity contribution in [1.29, 1.82) is 0 Å². The fourth-order valence-electron chi connectivity index (χ4n) is 5.47. The van der Waals surface area contributed by atoms with Crippen molar-refractivity contribution in [3.63, 3.8) is 0 Å². The van der Waals surface area contributed by atoms with Gasteiger partial charge < -0.3 is 25.6 Å². The maximum absolute atomic E-state index is 13.5. The molecule has 2 amide bonds. The molecular formula is C27H41F3N4O5S. The van der Waals surface area contributed by atoms with Crippen LogP contribution in [0, 0.1) is 5.92 Å². The Morgan fingerprint density at radius 1 is 1.20 bits per heavy atom. The number of anilines is 1. The van der Waals surface area contributed by atoms with Crippen LogP contribution >= 0.6 is 0 Å². The SMILES string of the molecule is CC(C)N(C)[C@@H]1CC[C@H](N2CC[C@H](NC(=O)c3cc(OC(F)(F)F)ccc3N)C2=O)[C@@H](CS(=O)(=O)C(C)(C)C)C1. The number of carbonyl (C=O) groups is 2. The number of ether oxygens (including phenoxy) is 1. The number of nitrogens with one attached hydrogen (secondary N) is 1. The standard InChI is InChI=1S/C27H41F3N4O5S/c1-16(2)33(6)18-7-10-23(17(13-18)15-40(37,38)26(3,4)5)34-12-11-22(25(34)36)32-24(35)20-14-19(8-9-21(20)31)39-27(28,29)30/h8-9,14,16-18,22-23H,7,10-13,15,31H2,1-6H3,(H,32,35)/t17-,18-,22+,23+/m1/s1. The molecule has 2 aliphatic rings. The van der Waals surface area contributed by atoms with Gasteiger partial charge >= 0.3 is 6.36 Å². The summed E-state index contributed by atoms with van der Waals surface area (Å²) in [4.78, 5) is 30.3. The van der Waals surface area contributed by atoms with Crippen molar-refractivity contribution >= 4 is 27.3 Å². The molecule has 40 heavy (non-hydrogen) atoms. The van der Waals surface area contributed by atoms with Gasteiger partial charge in [0.1, 0.15) is 11.8 Å². The van der Waals surface area contributed by atoms with Crippen molar-refractivity contribution < 1.29 is 35.9 Å². The number of nitrogen functional groups attached to an aromatic ring is 1. The van der Waals surface area contributed by atoms with E-state index in [1.807, 2.05) is 7.05 Å². The first kappa shape index (κ1) is 32.0. The quantitative estimate of drug-likeness (QED) is 0.444. The third kappa shape index (κ3) is 7.39. The fourth-order valence-corrected chi connectivity index (χ4v) is 6.89. The van der Waals surface area contributed by atoms with E-state index in [0.717, 1.165) is 24.6 Å². The summed E-state index contributed by atoms with van der Waals surface area (Å²) in [6.07, 6.45) is -2.60. The fraction of sp³-hybridized carbons (Fsp3) is 0.704. The maximum atomic E-state index is 13.5. The molecule has 0 unspecified atom stereocenters. The smallest absolute Gasteiger partial charge is 0.406 e. The Kier molecular flexibility index (Phi) is 9.40. The van der Waals surface area contributed by atoms with Crippen LogP contribution in [0.5, 0.6) is 5.75 Å². The summed E-state index contributed by atoms with van der Waals surface area (Å²) in [5.74, 6) is -2.06. The van der Waals surface area contributed by atoms with E-state index in [-0.39, 0.29) is 53.4 Å². The molecule has 1 aliphatic carbocycles. The number of nitrogens with two attached hydrogens (primary N) is 1. The van der Waals surface area contributed by atoms with Gasteiger partial charge in [-0.1, -0.05) is 0 Å². The Labute approximate surface area is 234 Å². The maximum Gasteiger partial charge on any atom is 0.573 e. The van der Waals surface area contributed by atoms with Crippen molar-refractivity contribution in [3.8, 4) is 5.75 Å². The molecule has 1 heterocycles. The highest BCUT2D eigenvalue weighted by Crippen LogP contribution is 2.36. The zero-order chi connectivity index (χ0) is 30.2. The van der Waals surface area contributed by atoms with Crippen LogP contribution in [-0.4, -0.2) is 84.7 Å². The molecule has 1 aliphatic heterocycles. The monoisotopic (exact) mass is 590 g/mol. The summed E-state index contributed by atoms with van der Waals surface area (Å²) < 4.78 is 67.3. The molecule has 0 aromatic heterocycles. The molecule has 4 atom stereocenters. The van der Waals surface area contributed by atoms with Gasteiger partial charge in [0.25, 0.3) is 5.91 Å². The Hall–Kier alpha value is -2.54. The lowest BCUT2D eigenvalue weighted by molar-refractivity contribution is -0.274. The summed E-state index contributed by atoms with van der Waals surface area (Å²) in [7, 11) is -1.44. The topological polar surface area (TPSA) is 122 Å². The molecule has 1 aromatic rings. The first-order valence-electron chi connectivity index (χ1n) is 13.5. The van der Waals surface area contributed by atoms with E-state index in [4.69, 9.17) is 5.73 Å². The number of hydrogen-bond acceptors (Lipinski definition) is 7. The van der Waals surface area contributed by atoms with Crippen LogP contribution in [0.3, 0.4) is 0 Å². The number of rotatable bonds is 8. The molecule has 226 valence electrons. The van der Waals surface area contributed by atoms with Crippen molar-refractivity contribution in [1.82, 2.24) is 15.1 Å². The third-order valence-corrected chi connectivity index (χ3v) is 10.9. The molecule has 1 saturated carbocycles. The van der Waals surface area contributed by atoms with E-state index < -0.39 is 38.6 Å². The highest BCUT2D eigenvalue weighted by molar-refractivity contribution is 7.92. The molecule has 1 aromatic carbocycles. The predicted octanol–water partition coefficient (Wildman–Crippen LogP) is 3.59. The molecule has 3 N–H and O–H groups in total. The molecule has 1 saturated heterocycles. The minimum atomic E-state index is -4.94. The van der Waals surface area contributed by atoms with Crippen LogP contribution < -0.4 is 15.8 Å². The van der Waals surface area contributed by atoms with E-state index in [1.165, 1.54) is 0 Å². The largest absolute Gasteiger partial charge is 0.573 e. The Bertz CT molecular complexity index is 1200. The number of likely N-dealkylation sites (tertiary alicyclic amines) is 1. The summed E-state index contributed by atoms with van der Waals surface area (Å²) in [5, 5.41) is 2.60. The molecular weight excluding hydrogens is 549 g/mol. The van der Waals surface area contributed by atoms with Gasteiger partial charge in [0, 0.05) is 30.4 Å². The highest BCUT2D eigenvalue weighted by atomic mass is 32.2. The first-order chi connectivity index (χ1) is 18.3. The van der Waals surface area contributed by atoms with Gasteiger partial charge in [-0.2, -0.15) is 0 Å². The zero-order valence-electron chi connectivity index (χ0n) is 23.9. The van der Waals surface area contributed by atoms with Crippen LogP contribution in [0.4, 0.5) is 18.9 Å². The molecule has 0 radical (unpaired) electrons. The van der Waals surface area contributed by atoms with Crippen LogP contribution in [-0.2, 0) is 14.6 Å². The van der Waals surface area contributed by atoms with Gasteiger partial charge in [-0.25, -0.2) is 8.42 Å². The van der Waals surface area contributed by atoms with E-state index >= 15 is 0 Å². The number of halogens is 3. The lowest BCUT2D eigenvalue weighted by Gasteiger charge is -2.45. The van der Waals surface area contributed by atoms with Crippen molar-refractivity contribution in [3.05, 3.63) is 23.8 Å². The van der Waals surface area contributed by atoms with Crippen molar-refractivity contribution in [2.75, 3.05) is 25.1 Å². The normalized spacial score (nSPS) is 24.6. The van der Waals surface area contributed by atoms with Gasteiger partial charge in [0.2, 0.25) is 5.91 Å². The zero-order valence-corrected chi connectivity index (χ0v) is 24.7. The molecule has 9 nitrogen and oxygen atoms in total. The second kappa shape index (κ2) is 11.8. The summed E-state index contributed by atoms with van der Waals surface area (Å²) >= 11 is 0.